The standard InChI is InChI=1S/C33H40N2O7/c1-22(32(40)25-8-4-3-5-9-25)35(2)20-28-19-29(24-16-14-23(21-36)15-17-24)42-33(41-28)26-10-6-11-27(18-26)34-30(37)12-7-13-31(38)39/h3-6,8-11,14-18,22,28-29,32-33,36,40H,7,12-13,19-21H2,1-2H3,(H,34,37)(H,38,39)/t22-,28-,29+,32-,33+/m1/s1. The average Bonchev–Trinajstić information content (AvgIpc) is 3.00. The van der Waals surface area contributed by atoms with Gasteiger partial charge in [-0.1, -0.05) is 66.7 Å². The van der Waals surface area contributed by atoms with Gasteiger partial charge in [-0.25, -0.2) is 0 Å². The van der Waals surface area contributed by atoms with Gasteiger partial charge < -0.3 is 30.1 Å². The van der Waals surface area contributed by atoms with Crippen molar-refractivity contribution < 1.29 is 34.4 Å². The van der Waals surface area contributed by atoms with Gasteiger partial charge in [0.2, 0.25) is 5.91 Å². The second-order valence-corrected chi connectivity index (χ2v) is 10.8. The van der Waals surface area contributed by atoms with Crippen LogP contribution in [0.2, 0.25) is 0 Å². The van der Waals surface area contributed by atoms with Crippen LogP contribution >= 0.6 is 0 Å². The Morgan fingerprint density at radius 3 is 2.40 bits per heavy atom. The molecular weight excluding hydrogens is 536 g/mol. The van der Waals surface area contributed by atoms with Crippen molar-refractivity contribution in [3.05, 3.63) is 101 Å². The number of nitrogens with zero attached hydrogens (tertiary/aromatic N) is 1. The highest BCUT2D eigenvalue weighted by Gasteiger charge is 2.34. The quantitative estimate of drug-likeness (QED) is 0.225. The number of aliphatic hydroxyl groups is 2. The first-order valence-electron chi connectivity index (χ1n) is 14.3. The molecular formula is C33H40N2O7. The predicted octanol–water partition coefficient (Wildman–Crippen LogP) is 4.97. The number of amides is 1. The van der Waals surface area contributed by atoms with Gasteiger partial charge in [-0.2, -0.15) is 0 Å². The number of ether oxygens (including phenoxy) is 2. The second-order valence-electron chi connectivity index (χ2n) is 10.8. The van der Waals surface area contributed by atoms with Gasteiger partial charge in [-0.3, -0.25) is 14.5 Å². The van der Waals surface area contributed by atoms with Crippen molar-refractivity contribution in [2.24, 2.45) is 0 Å². The van der Waals surface area contributed by atoms with Crippen LogP contribution in [0.15, 0.2) is 78.9 Å². The molecule has 1 aliphatic rings. The topological polar surface area (TPSA) is 129 Å². The summed E-state index contributed by atoms with van der Waals surface area (Å²) in [5.74, 6) is -1.19. The van der Waals surface area contributed by atoms with Crippen LogP contribution in [0, 0.1) is 0 Å². The van der Waals surface area contributed by atoms with E-state index in [0.29, 0.717) is 18.7 Å². The summed E-state index contributed by atoms with van der Waals surface area (Å²) < 4.78 is 12.9. The zero-order chi connectivity index (χ0) is 30.1. The predicted molar refractivity (Wildman–Crippen MR) is 158 cm³/mol. The van der Waals surface area contributed by atoms with Crippen molar-refractivity contribution in [1.29, 1.82) is 0 Å². The van der Waals surface area contributed by atoms with Crippen molar-refractivity contribution >= 4 is 17.6 Å². The van der Waals surface area contributed by atoms with Crippen LogP contribution in [0.3, 0.4) is 0 Å². The number of anilines is 1. The zero-order valence-electron chi connectivity index (χ0n) is 24.1. The molecule has 0 aromatic heterocycles. The van der Waals surface area contributed by atoms with Crippen LogP contribution in [0.4, 0.5) is 5.69 Å². The lowest BCUT2D eigenvalue weighted by Crippen LogP contribution is -2.43. The lowest BCUT2D eigenvalue weighted by atomic mass is 9.98. The van der Waals surface area contributed by atoms with E-state index in [-0.39, 0.29) is 50.0 Å². The summed E-state index contributed by atoms with van der Waals surface area (Å²) in [6.45, 7) is 2.50. The minimum Gasteiger partial charge on any atom is -0.481 e. The Kier molecular flexibility index (Phi) is 11.2. The molecule has 0 bridgehead atoms. The number of carboxylic acid groups (broad SMARTS) is 1. The van der Waals surface area contributed by atoms with Gasteiger partial charge in [0.25, 0.3) is 0 Å². The molecule has 1 amide bonds. The largest absolute Gasteiger partial charge is 0.481 e. The van der Waals surface area contributed by atoms with E-state index in [1.54, 1.807) is 12.1 Å². The Morgan fingerprint density at radius 2 is 1.71 bits per heavy atom. The molecule has 4 rings (SSSR count). The van der Waals surface area contributed by atoms with Crippen molar-refractivity contribution in [1.82, 2.24) is 4.90 Å². The van der Waals surface area contributed by atoms with Crippen LogP contribution in [-0.4, -0.2) is 57.8 Å². The summed E-state index contributed by atoms with van der Waals surface area (Å²) in [5.41, 5.74) is 3.94. The van der Waals surface area contributed by atoms with Gasteiger partial charge in [0.15, 0.2) is 6.29 Å². The number of rotatable bonds is 13. The summed E-state index contributed by atoms with van der Waals surface area (Å²) in [6, 6.07) is 24.3. The molecule has 0 spiro atoms. The fraction of sp³-hybridized carbons (Fsp3) is 0.394. The summed E-state index contributed by atoms with van der Waals surface area (Å²) in [4.78, 5) is 25.2. The molecule has 0 unspecified atom stereocenters. The van der Waals surface area contributed by atoms with Crippen molar-refractivity contribution in [3.8, 4) is 0 Å². The molecule has 3 aromatic rings. The van der Waals surface area contributed by atoms with Crippen LogP contribution in [-0.2, 0) is 25.7 Å². The maximum atomic E-state index is 12.4. The Hall–Kier alpha value is -3.60. The van der Waals surface area contributed by atoms with E-state index in [1.165, 1.54) is 0 Å². The molecule has 5 atom stereocenters. The van der Waals surface area contributed by atoms with Crippen molar-refractivity contribution in [3.63, 3.8) is 0 Å². The first kappa shape index (κ1) is 31.3. The first-order valence-corrected chi connectivity index (χ1v) is 14.3. The number of aliphatic carboxylic acids is 1. The van der Waals surface area contributed by atoms with Crippen LogP contribution in [0.25, 0.3) is 0 Å². The molecule has 1 saturated heterocycles. The second kappa shape index (κ2) is 15.0. The van der Waals surface area contributed by atoms with E-state index in [4.69, 9.17) is 14.6 Å². The minimum absolute atomic E-state index is 0.0403. The molecule has 3 aromatic carbocycles. The summed E-state index contributed by atoms with van der Waals surface area (Å²) in [5, 5.41) is 32.1. The number of carbonyl (C=O) groups is 2. The number of hydrogen-bond acceptors (Lipinski definition) is 7. The van der Waals surface area contributed by atoms with E-state index in [1.807, 2.05) is 80.7 Å². The highest BCUT2D eigenvalue weighted by atomic mass is 16.7. The van der Waals surface area contributed by atoms with E-state index in [2.05, 4.69) is 10.2 Å². The molecule has 1 aliphatic heterocycles. The third-order valence-corrected chi connectivity index (χ3v) is 7.64. The third-order valence-electron chi connectivity index (χ3n) is 7.64. The average molecular weight is 577 g/mol. The molecule has 4 N–H and O–H groups in total. The molecule has 1 heterocycles. The zero-order valence-corrected chi connectivity index (χ0v) is 24.1. The summed E-state index contributed by atoms with van der Waals surface area (Å²) in [6.07, 6.45) is -0.974. The Morgan fingerprint density at radius 1 is 0.976 bits per heavy atom. The Balaban J connectivity index is 1.50. The number of carboxylic acids is 1. The lowest BCUT2D eigenvalue weighted by Gasteiger charge is -2.39. The van der Waals surface area contributed by atoms with Crippen LogP contribution in [0.5, 0.6) is 0 Å². The third kappa shape index (κ3) is 8.70. The van der Waals surface area contributed by atoms with E-state index in [0.717, 1.165) is 22.3 Å². The van der Waals surface area contributed by atoms with Gasteiger partial charge >= 0.3 is 5.97 Å². The minimum atomic E-state index is -0.930. The molecule has 42 heavy (non-hydrogen) atoms. The maximum Gasteiger partial charge on any atom is 0.303 e. The smallest absolute Gasteiger partial charge is 0.303 e. The number of nitrogens with one attached hydrogen (secondary N) is 1. The molecule has 1 fully saturated rings. The van der Waals surface area contributed by atoms with Crippen molar-refractivity contribution in [2.75, 3.05) is 18.9 Å². The normalized spacial score (nSPS) is 20.2. The van der Waals surface area contributed by atoms with Crippen LogP contribution in [0.1, 0.15) is 73.4 Å². The number of aliphatic hydroxyl groups excluding tert-OH is 2. The fourth-order valence-electron chi connectivity index (χ4n) is 5.08. The Labute approximate surface area is 246 Å². The summed E-state index contributed by atoms with van der Waals surface area (Å²) in [7, 11) is 1.97. The fourth-order valence-corrected chi connectivity index (χ4v) is 5.08. The van der Waals surface area contributed by atoms with Gasteiger partial charge in [0.1, 0.15) is 0 Å². The molecule has 0 aliphatic carbocycles. The molecule has 0 radical (unpaired) electrons. The van der Waals surface area contributed by atoms with Crippen LogP contribution < -0.4 is 5.32 Å². The number of hydrogen-bond donors (Lipinski definition) is 4. The number of benzene rings is 3. The van der Waals surface area contributed by atoms with E-state index in [9.17, 15) is 19.8 Å². The number of likely N-dealkylation sites (N-methyl/N-ethyl adjacent to an activating group) is 1. The van der Waals surface area contributed by atoms with E-state index < -0.39 is 18.4 Å². The van der Waals surface area contributed by atoms with Gasteiger partial charge in [0, 0.05) is 43.1 Å². The summed E-state index contributed by atoms with van der Waals surface area (Å²) >= 11 is 0. The lowest BCUT2D eigenvalue weighted by molar-refractivity contribution is -0.253. The number of carbonyl (C=O) groups excluding carboxylic acids is 1. The molecule has 0 saturated carbocycles. The van der Waals surface area contributed by atoms with Gasteiger partial charge in [-0.15, -0.1) is 0 Å². The highest BCUT2D eigenvalue weighted by molar-refractivity contribution is 5.90. The molecule has 9 nitrogen and oxygen atoms in total. The Bertz CT molecular complexity index is 1300. The first-order chi connectivity index (χ1) is 20.2. The molecule has 9 heteroatoms. The molecule has 224 valence electrons. The van der Waals surface area contributed by atoms with Crippen molar-refractivity contribution in [2.45, 2.75) is 69.9 Å². The van der Waals surface area contributed by atoms with Gasteiger partial charge in [-0.05, 0) is 49.2 Å². The maximum absolute atomic E-state index is 12.4. The highest BCUT2D eigenvalue weighted by Crippen LogP contribution is 2.39. The van der Waals surface area contributed by atoms with Gasteiger partial charge in [0.05, 0.1) is 24.9 Å². The SMILES string of the molecule is C[C@H]([C@@H](O)c1ccccc1)N(C)C[C@H]1C[C@@H](c2ccc(CO)cc2)O[C@@H](c2cccc(NC(=O)CCCC(=O)O)c2)O1. The monoisotopic (exact) mass is 576 g/mol. The van der Waals surface area contributed by atoms with E-state index >= 15 is 0 Å².